The van der Waals surface area contributed by atoms with E-state index in [0.29, 0.717) is 19.4 Å². The van der Waals surface area contributed by atoms with Gasteiger partial charge in [-0.3, -0.25) is 10.2 Å². The van der Waals surface area contributed by atoms with Crippen LogP contribution in [0.15, 0.2) is 0 Å². The first-order chi connectivity index (χ1) is 7.40. The number of hydrogen-bond donors (Lipinski definition) is 5. The van der Waals surface area contributed by atoms with E-state index in [1.807, 2.05) is 13.8 Å². The molecule has 16 heavy (non-hydrogen) atoms. The zero-order valence-electron chi connectivity index (χ0n) is 9.99. The fourth-order valence-corrected chi connectivity index (χ4v) is 1.33. The molecule has 0 aliphatic rings. The monoisotopic (exact) mass is 229 g/mol. The Morgan fingerprint density at radius 3 is 2.38 bits per heavy atom. The van der Waals surface area contributed by atoms with Gasteiger partial charge in [0.25, 0.3) is 0 Å². The van der Waals surface area contributed by atoms with E-state index in [0.717, 1.165) is 0 Å². The normalized spacial score (nSPS) is 14.6. The summed E-state index contributed by atoms with van der Waals surface area (Å²) in [6.07, 6.45) is 1.26. The van der Waals surface area contributed by atoms with Crippen LogP contribution in [0.3, 0.4) is 0 Å². The third kappa shape index (κ3) is 5.09. The first-order valence-corrected chi connectivity index (χ1v) is 5.50. The first kappa shape index (κ1) is 14.9. The topological polar surface area (TPSA) is 131 Å². The molecule has 0 aliphatic heterocycles. The number of nitrogens with one attached hydrogen (secondary N) is 2. The highest BCUT2D eigenvalue weighted by Gasteiger charge is 2.22. The van der Waals surface area contributed by atoms with Crippen molar-refractivity contribution in [3.63, 3.8) is 0 Å². The number of carbonyl (C=O) groups excluding carboxylic acids is 1. The van der Waals surface area contributed by atoms with E-state index in [1.165, 1.54) is 0 Å². The van der Waals surface area contributed by atoms with E-state index in [-0.39, 0.29) is 17.7 Å². The van der Waals surface area contributed by atoms with E-state index >= 15 is 0 Å². The Bertz CT molecular complexity index is 241. The maximum atomic E-state index is 11.6. The second kappa shape index (κ2) is 7.19. The Balaban J connectivity index is 4.24. The summed E-state index contributed by atoms with van der Waals surface area (Å²) in [5, 5.41) is 10.0. The van der Waals surface area contributed by atoms with E-state index in [4.69, 9.17) is 22.6 Å². The predicted molar refractivity (Wildman–Crippen MR) is 64.9 cm³/mol. The Labute approximate surface area is 96.4 Å². The Morgan fingerprint density at radius 1 is 1.44 bits per heavy atom. The summed E-state index contributed by atoms with van der Waals surface area (Å²) in [7, 11) is 0. The first-order valence-electron chi connectivity index (χ1n) is 5.50. The highest BCUT2D eigenvalue weighted by molar-refractivity contribution is 5.90. The van der Waals surface area contributed by atoms with Gasteiger partial charge in [-0.2, -0.15) is 0 Å². The van der Waals surface area contributed by atoms with Crippen molar-refractivity contribution >= 4 is 11.7 Å². The van der Waals surface area contributed by atoms with Crippen LogP contribution in [0, 0.1) is 11.3 Å². The van der Waals surface area contributed by atoms with Crippen molar-refractivity contribution in [3.8, 4) is 0 Å². The lowest BCUT2D eigenvalue weighted by molar-refractivity contribution is -0.123. The fraction of sp³-hybridized carbons (Fsp3) is 0.800. The molecular weight excluding hydrogens is 206 g/mol. The molecule has 1 amide bonds. The minimum Gasteiger partial charge on any atom is -0.386 e. The number of nitrogens with two attached hydrogens (primary N) is 3. The maximum absolute atomic E-state index is 11.6. The zero-order chi connectivity index (χ0) is 12.7. The quantitative estimate of drug-likeness (QED) is 0.287. The maximum Gasteiger partial charge on any atom is 0.237 e. The Morgan fingerprint density at radius 2 is 2.00 bits per heavy atom. The molecule has 0 spiro atoms. The fourth-order valence-electron chi connectivity index (χ4n) is 1.33. The predicted octanol–water partition coefficient (Wildman–Crippen LogP) is -0.871. The van der Waals surface area contributed by atoms with E-state index in [9.17, 15) is 4.79 Å². The van der Waals surface area contributed by atoms with Crippen LogP contribution in [-0.4, -0.2) is 30.4 Å². The molecular formula is C10H23N5O. The lowest BCUT2D eigenvalue weighted by atomic mass is 10.0. The molecule has 6 heteroatoms. The van der Waals surface area contributed by atoms with Crippen LogP contribution >= 0.6 is 0 Å². The van der Waals surface area contributed by atoms with E-state index < -0.39 is 12.1 Å². The molecule has 6 nitrogen and oxygen atoms in total. The largest absolute Gasteiger partial charge is 0.386 e. The molecule has 0 heterocycles. The van der Waals surface area contributed by atoms with Gasteiger partial charge in [-0.05, 0) is 25.3 Å². The van der Waals surface area contributed by atoms with Gasteiger partial charge in [0.15, 0.2) is 0 Å². The minimum absolute atomic E-state index is 0.0469. The molecule has 0 aromatic heterocycles. The second-order valence-electron chi connectivity index (χ2n) is 4.22. The molecule has 0 aromatic carbocycles. The number of amidine groups is 1. The van der Waals surface area contributed by atoms with Crippen LogP contribution < -0.4 is 22.5 Å². The van der Waals surface area contributed by atoms with Crippen molar-refractivity contribution in [3.05, 3.63) is 0 Å². The highest BCUT2D eigenvalue weighted by atomic mass is 16.2. The van der Waals surface area contributed by atoms with Crippen molar-refractivity contribution in [1.29, 1.82) is 5.41 Å². The number of amides is 1. The van der Waals surface area contributed by atoms with Gasteiger partial charge < -0.3 is 22.5 Å². The summed E-state index contributed by atoms with van der Waals surface area (Å²) >= 11 is 0. The van der Waals surface area contributed by atoms with Crippen LogP contribution in [0.2, 0.25) is 0 Å². The van der Waals surface area contributed by atoms with Crippen LogP contribution in [-0.2, 0) is 4.79 Å². The van der Waals surface area contributed by atoms with Gasteiger partial charge >= 0.3 is 0 Å². The standard InChI is InChI=1S/C10H23N5O/c1-6(2)8(9(13)14)15-10(16)7(12)4-3-5-11/h6-8H,3-5,11-12H2,1-2H3,(H3,13,14)(H,15,16). The summed E-state index contributed by atoms with van der Waals surface area (Å²) in [6.45, 7) is 4.29. The number of hydrogen-bond acceptors (Lipinski definition) is 4. The number of rotatable bonds is 7. The molecule has 0 radical (unpaired) electrons. The van der Waals surface area contributed by atoms with Gasteiger partial charge in [0.1, 0.15) is 5.84 Å². The van der Waals surface area contributed by atoms with Crippen LogP contribution in [0.25, 0.3) is 0 Å². The molecule has 0 fully saturated rings. The lowest BCUT2D eigenvalue weighted by Gasteiger charge is -2.22. The summed E-state index contributed by atoms with van der Waals surface area (Å²) < 4.78 is 0. The van der Waals surface area contributed by atoms with Gasteiger partial charge in [0.05, 0.1) is 12.1 Å². The summed E-state index contributed by atoms with van der Waals surface area (Å²) in [6, 6.07) is -1.03. The minimum atomic E-state index is -0.579. The van der Waals surface area contributed by atoms with Crippen LogP contribution in [0.5, 0.6) is 0 Å². The Kier molecular flexibility index (Phi) is 6.67. The molecule has 2 atom stereocenters. The van der Waals surface area contributed by atoms with Gasteiger partial charge in [-0.1, -0.05) is 13.8 Å². The molecule has 0 bridgehead atoms. The molecule has 94 valence electrons. The molecule has 2 unspecified atom stereocenters. The molecule has 0 aliphatic carbocycles. The van der Waals surface area contributed by atoms with Gasteiger partial charge in [0, 0.05) is 0 Å². The van der Waals surface area contributed by atoms with Gasteiger partial charge in [-0.25, -0.2) is 0 Å². The average molecular weight is 229 g/mol. The van der Waals surface area contributed by atoms with Crippen LogP contribution in [0.4, 0.5) is 0 Å². The van der Waals surface area contributed by atoms with Crippen molar-refractivity contribution in [1.82, 2.24) is 5.32 Å². The summed E-state index contributed by atoms with van der Waals surface area (Å²) in [4.78, 5) is 11.6. The van der Waals surface area contributed by atoms with E-state index in [1.54, 1.807) is 0 Å². The molecule has 0 aromatic rings. The molecule has 8 N–H and O–H groups in total. The Hall–Kier alpha value is -1.14. The van der Waals surface area contributed by atoms with Crippen molar-refractivity contribution in [2.45, 2.75) is 38.8 Å². The molecule has 0 saturated carbocycles. The molecule has 0 rings (SSSR count). The van der Waals surface area contributed by atoms with Crippen molar-refractivity contribution in [2.24, 2.45) is 23.1 Å². The lowest BCUT2D eigenvalue weighted by Crippen LogP contribution is -2.52. The van der Waals surface area contributed by atoms with Crippen molar-refractivity contribution in [2.75, 3.05) is 6.54 Å². The second-order valence-corrected chi connectivity index (χ2v) is 4.22. The average Bonchev–Trinajstić information content (AvgIpc) is 2.20. The third-order valence-electron chi connectivity index (χ3n) is 2.36. The van der Waals surface area contributed by atoms with E-state index in [2.05, 4.69) is 5.32 Å². The smallest absolute Gasteiger partial charge is 0.237 e. The summed E-state index contributed by atoms with van der Waals surface area (Å²) in [5.74, 6) is -0.250. The molecule has 0 saturated heterocycles. The summed E-state index contributed by atoms with van der Waals surface area (Å²) in [5.41, 5.74) is 16.4. The van der Waals surface area contributed by atoms with Gasteiger partial charge in [0.2, 0.25) is 5.91 Å². The van der Waals surface area contributed by atoms with Crippen LogP contribution in [0.1, 0.15) is 26.7 Å². The highest BCUT2D eigenvalue weighted by Crippen LogP contribution is 2.02. The SMILES string of the molecule is CC(C)C(NC(=O)C(N)CCCN)C(=N)N. The zero-order valence-corrected chi connectivity index (χ0v) is 9.99. The van der Waals surface area contributed by atoms with Gasteiger partial charge in [-0.15, -0.1) is 0 Å². The third-order valence-corrected chi connectivity index (χ3v) is 2.36. The number of carbonyl (C=O) groups is 1. The van der Waals surface area contributed by atoms with Crippen molar-refractivity contribution < 1.29 is 4.79 Å².